The Morgan fingerprint density at radius 2 is 2.07 bits per heavy atom. The third-order valence-corrected chi connectivity index (χ3v) is 5.09. The third-order valence-electron chi connectivity index (χ3n) is 5.09. The van der Waals surface area contributed by atoms with Crippen LogP contribution in [0.1, 0.15) is 51.4 Å². The molecule has 3 aliphatic rings. The van der Waals surface area contributed by atoms with Gasteiger partial charge in [0.05, 0.1) is 11.5 Å². The lowest BCUT2D eigenvalue weighted by Gasteiger charge is -2.39. The first-order valence-electron chi connectivity index (χ1n) is 6.23. The predicted octanol–water partition coefficient (Wildman–Crippen LogP) is 3.51. The molecule has 0 saturated heterocycles. The number of nitriles is 1. The van der Waals surface area contributed by atoms with Gasteiger partial charge >= 0.3 is 0 Å². The Hall–Kier alpha value is -0.510. The topological polar surface area (TPSA) is 23.8 Å². The van der Waals surface area contributed by atoms with Crippen molar-refractivity contribution < 1.29 is 0 Å². The number of fused-ring (bicyclic) bond motifs is 2. The maximum Gasteiger partial charge on any atom is 0.0689 e. The van der Waals surface area contributed by atoms with Crippen LogP contribution in [0.15, 0.2) is 0 Å². The average molecular weight is 189 g/mol. The summed E-state index contributed by atoms with van der Waals surface area (Å²) in [4.78, 5) is 0. The van der Waals surface area contributed by atoms with Crippen molar-refractivity contribution in [2.24, 2.45) is 23.2 Å². The smallest absolute Gasteiger partial charge is 0.0689 e. The summed E-state index contributed by atoms with van der Waals surface area (Å²) in [6, 6.07) is 2.60. The van der Waals surface area contributed by atoms with Gasteiger partial charge in [0.2, 0.25) is 0 Å². The van der Waals surface area contributed by atoms with Gasteiger partial charge in [0.1, 0.15) is 0 Å². The Labute approximate surface area is 86.5 Å². The van der Waals surface area contributed by atoms with E-state index in [0.29, 0.717) is 0 Å². The van der Waals surface area contributed by atoms with Crippen LogP contribution >= 0.6 is 0 Å². The summed E-state index contributed by atoms with van der Waals surface area (Å²) in [7, 11) is 0. The van der Waals surface area contributed by atoms with Gasteiger partial charge in [-0.05, 0) is 56.3 Å². The number of hydrogen-bond donors (Lipinski definition) is 0. The summed E-state index contributed by atoms with van der Waals surface area (Å²) >= 11 is 0. The van der Waals surface area contributed by atoms with E-state index < -0.39 is 0 Å². The molecule has 0 heterocycles. The highest BCUT2D eigenvalue weighted by Gasteiger charge is 2.46. The van der Waals surface area contributed by atoms with Gasteiger partial charge in [0, 0.05) is 0 Å². The van der Waals surface area contributed by atoms with E-state index in [1.165, 1.54) is 51.4 Å². The van der Waals surface area contributed by atoms with Crippen molar-refractivity contribution in [2.75, 3.05) is 0 Å². The Bertz CT molecular complexity index is 271. The van der Waals surface area contributed by atoms with Crippen molar-refractivity contribution in [3.8, 4) is 6.07 Å². The van der Waals surface area contributed by atoms with E-state index in [4.69, 9.17) is 0 Å². The fourth-order valence-corrected chi connectivity index (χ4v) is 4.09. The third kappa shape index (κ3) is 1.20. The molecule has 3 atom stereocenters. The fourth-order valence-electron chi connectivity index (χ4n) is 4.09. The van der Waals surface area contributed by atoms with Gasteiger partial charge in [-0.2, -0.15) is 5.26 Å². The van der Waals surface area contributed by atoms with Gasteiger partial charge in [-0.25, -0.2) is 0 Å². The molecule has 0 aromatic carbocycles. The van der Waals surface area contributed by atoms with E-state index in [9.17, 15) is 5.26 Å². The maximum absolute atomic E-state index is 9.22. The summed E-state index contributed by atoms with van der Waals surface area (Å²) in [5, 5.41) is 9.22. The summed E-state index contributed by atoms with van der Waals surface area (Å²) in [5.41, 5.74) is 0.134. The molecule has 3 saturated carbocycles. The summed E-state index contributed by atoms with van der Waals surface area (Å²) in [6.07, 6.45) is 10.8. The van der Waals surface area contributed by atoms with Crippen LogP contribution in [-0.2, 0) is 0 Å². The fraction of sp³-hybridized carbons (Fsp3) is 0.923. The molecule has 14 heavy (non-hydrogen) atoms. The highest BCUT2D eigenvalue weighted by atomic mass is 14.5. The first-order chi connectivity index (χ1) is 6.81. The van der Waals surface area contributed by atoms with Crippen LogP contribution in [0.3, 0.4) is 0 Å². The van der Waals surface area contributed by atoms with E-state index in [2.05, 4.69) is 6.07 Å². The molecule has 0 radical (unpaired) electrons. The lowest BCUT2D eigenvalue weighted by Crippen LogP contribution is -2.31. The number of rotatable bonds is 2. The van der Waals surface area contributed by atoms with Gasteiger partial charge in [-0.3, -0.25) is 0 Å². The van der Waals surface area contributed by atoms with E-state index in [-0.39, 0.29) is 5.41 Å². The predicted molar refractivity (Wildman–Crippen MR) is 55.5 cm³/mol. The Balaban J connectivity index is 1.65. The SMILES string of the molecule is N#CC1(CC2CC3CCC2C3)CCC1. The normalized spacial score (nSPS) is 43.2. The van der Waals surface area contributed by atoms with Crippen molar-refractivity contribution in [3.63, 3.8) is 0 Å². The minimum atomic E-state index is 0.134. The first-order valence-corrected chi connectivity index (χ1v) is 6.23. The second-order valence-electron chi connectivity index (χ2n) is 5.88. The van der Waals surface area contributed by atoms with E-state index in [1.54, 1.807) is 0 Å². The lowest BCUT2D eigenvalue weighted by molar-refractivity contribution is 0.137. The molecule has 1 heteroatoms. The molecule has 0 N–H and O–H groups in total. The Morgan fingerprint density at radius 3 is 2.50 bits per heavy atom. The second-order valence-corrected chi connectivity index (χ2v) is 5.88. The van der Waals surface area contributed by atoms with Crippen molar-refractivity contribution in [3.05, 3.63) is 0 Å². The van der Waals surface area contributed by atoms with Gasteiger partial charge in [-0.15, -0.1) is 0 Å². The summed E-state index contributed by atoms with van der Waals surface area (Å²) < 4.78 is 0. The molecule has 2 bridgehead atoms. The van der Waals surface area contributed by atoms with Crippen molar-refractivity contribution in [1.29, 1.82) is 5.26 Å². The first kappa shape index (κ1) is 8.77. The summed E-state index contributed by atoms with van der Waals surface area (Å²) in [5.74, 6) is 2.97. The van der Waals surface area contributed by atoms with Gasteiger partial charge in [0.25, 0.3) is 0 Å². The average Bonchev–Trinajstić information content (AvgIpc) is 2.72. The standard InChI is InChI=1S/C13H19N/c14-9-13(4-1-5-13)8-12-7-10-2-3-11(12)6-10/h10-12H,1-8H2. The minimum absolute atomic E-state index is 0.134. The van der Waals surface area contributed by atoms with Crippen LogP contribution in [-0.4, -0.2) is 0 Å². The van der Waals surface area contributed by atoms with Gasteiger partial charge in [0.15, 0.2) is 0 Å². The largest absolute Gasteiger partial charge is 0.198 e. The molecule has 3 unspecified atom stereocenters. The lowest BCUT2D eigenvalue weighted by atomic mass is 9.63. The minimum Gasteiger partial charge on any atom is -0.198 e. The van der Waals surface area contributed by atoms with Crippen molar-refractivity contribution in [2.45, 2.75) is 51.4 Å². The number of nitrogens with zero attached hydrogens (tertiary/aromatic N) is 1. The van der Waals surface area contributed by atoms with Crippen LogP contribution in [0.2, 0.25) is 0 Å². The molecular formula is C13H19N. The Morgan fingerprint density at radius 1 is 1.21 bits per heavy atom. The molecule has 3 fully saturated rings. The monoisotopic (exact) mass is 189 g/mol. The quantitative estimate of drug-likeness (QED) is 0.652. The molecule has 0 aromatic heterocycles. The van der Waals surface area contributed by atoms with Crippen LogP contribution in [0, 0.1) is 34.5 Å². The van der Waals surface area contributed by atoms with Crippen LogP contribution in [0.25, 0.3) is 0 Å². The van der Waals surface area contributed by atoms with Crippen LogP contribution in [0.4, 0.5) is 0 Å². The molecule has 0 aliphatic heterocycles. The maximum atomic E-state index is 9.22. The second kappa shape index (κ2) is 2.99. The zero-order chi connectivity index (χ0) is 9.60. The molecule has 76 valence electrons. The molecular weight excluding hydrogens is 170 g/mol. The molecule has 3 rings (SSSR count). The summed E-state index contributed by atoms with van der Waals surface area (Å²) in [6.45, 7) is 0. The van der Waals surface area contributed by atoms with Crippen molar-refractivity contribution in [1.82, 2.24) is 0 Å². The Kier molecular flexibility index (Phi) is 1.87. The molecule has 1 nitrogen and oxygen atoms in total. The van der Waals surface area contributed by atoms with Crippen molar-refractivity contribution >= 4 is 0 Å². The van der Waals surface area contributed by atoms with E-state index in [0.717, 1.165) is 17.8 Å². The van der Waals surface area contributed by atoms with Gasteiger partial charge < -0.3 is 0 Å². The zero-order valence-electron chi connectivity index (χ0n) is 8.84. The van der Waals surface area contributed by atoms with E-state index >= 15 is 0 Å². The molecule has 0 spiro atoms. The highest BCUT2D eigenvalue weighted by molar-refractivity contribution is 5.07. The van der Waals surface area contributed by atoms with Crippen LogP contribution in [0.5, 0.6) is 0 Å². The number of hydrogen-bond acceptors (Lipinski definition) is 1. The van der Waals surface area contributed by atoms with Crippen LogP contribution < -0.4 is 0 Å². The highest BCUT2D eigenvalue weighted by Crippen LogP contribution is 2.55. The van der Waals surface area contributed by atoms with E-state index in [1.807, 2.05) is 0 Å². The zero-order valence-corrected chi connectivity index (χ0v) is 8.84. The molecule has 0 amide bonds. The molecule has 3 aliphatic carbocycles. The molecule has 0 aromatic rings. The van der Waals surface area contributed by atoms with Gasteiger partial charge in [-0.1, -0.05) is 12.8 Å².